The van der Waals surface area contributed by atoms with Gasteiger partial charge in [-0.25, -0.2) is 0 Å². The molecule has 1 fully saturated rings. The minimum Gasteiger partial charge on any atom is -0.423 e. The molecule has 0 unspecified atom stereocenters. The van der Waals surface area contributed by atoms with Gasteiger partial charge in [0.05, 0.1) is 6.10 Å². The van der Waals surface area contributed by atoms with Crippen molar-refractivity contribution < 1.29 is 14.3 Å². The summed E-state index contributed by atoms with van der Waals surface area (Å²) in [6.45, 7) is 1.34. The van der Waals surface area contributed by atoms with Gasteiger partial charge < -0.3 is 20.2 Å². The number of hydrogen-bond donors (Lipinski definition) is 2. The van der Waals surface area contributed by atoms with Gasteiger partial charge in [0, 0.05) is 18.7 Å². The number of aromatic nitrogens is 1. The Bertz CT molecular complexity index is 623. The Morgan fingerprint density at radius 3 is 3.11 bits per heavy atom. The number of fused-ring (bicyclic) bond motifs is 1. The van der Waals surface area contributed by atoms with Gasteiger partial charge in [-0.15, -0.1) is 0 Å². The Labute approximate surface area is 109 Å². The SMILES string of the molecule is NC(=O)c1ccc2oc(N3CCC[C@H](O)C3)nc2c1. The van der Waals surface area contributed by atoms with E-state index in [0.29, 0.717) is 29.2 Å². The Kier molecular flexibility index (Phi) is 2.87. The molecule has 3 N–H and O–H groups in total. The van der Waals surface area contributed by atoms with E-state index in [4.69, 9.17) is 10.2 Å². The van der Waals surface area contributed by atoms with Crippen LogP contribution >= 0.6 is 0 Å². The van der Waals surface area contributed by atoms with Crippen LogP contribution in [0.2, 0.25) is 0 Å². The van der Waals surface area contributed by atoms with Crippen molar-refractivity contribution >= 4 is 23.0 Å². The third kappa shape index (κ3) is 2.26. The van der Waals surface area contributed by atoms with Crippen molar-refractivity contribution in [3.63, 3.8) is 0 Å². The van der Waals surface area contributed by atoms with Gasteiger partial charge in [0.2, 0.25) is 5.91 Å². The third-order valence-electron chi connectivity index (χ3n) is 3.33. The first kappa shape index (κ1) is 12.0. The molecular formula is C13H15N3O3. The molecule has 1 aliphatic heterocycles. The molecular weight excluding hydrogens is 246 g/mol. The maximum atomic E-state index is 11.1. The van der Waals surface area contributed by atoms with E-state index in [-0.39, 0.29) is 6.10 Å². The molecule has 100 valence electrons. The molecule has 3 rings (SSSR count). The maximum absolute atomic E-state index is 11.1. The topological polar surface area (TPSA) is 92.6 Å². The zero-order chi connectivity index (χ0) is 13.4. The number of hydrogen-bond acceptors (Lipinski definition) is 5. The molecule has 1 saturated heterocycles. The molecule has 1 aliphatic rings. The lowest BCUT2D eigenvalue weighted by molar-refractivity contribution is 0.100. The number of rotatable bonds is 2. The fraction of sp³-hybridized carbons (Fsp3) is 0.385. The Morgan fingerprint density at radius 1 is 1.53 bits per heavy atom. The van der Waals surface area contributed by atoms with Crippen LogP contribution in [0.15, 0.2) is 22.6 Å². The molecule has 0 spiro atoms. The Hall–Kier alpha value is -2.08. The molecule has 2 aromatic rings. The van der Waals surface area contributed by atoms with Crippen molar-refractivity contribution in [2.45, 2.75) is 18.9 Å². The molecule has 6 heteroatoms. The van der Waals surface area contributed by atoms with Crippen molar-refractivity contribution in [2.75, 3.05) is 18.0 Å². The molecule has 19 heavy (non-hydrogen) atoms. The van der Waals surface area contributed by atoms with Gasteiger partial charge in [-0.05, 0) is 31.0 Å². The van der Waals surface area contributed by atoms with Gasteiger partial charge in [0.1, 0.15) is 5.52 Å². The molecule has 1 amide bonds. The number of aliphatic hydroxyl groups is 1. The van der Waals surface area contributed by atoms with Crippen LogP contribution in [0.5, 0.6) is 0 Å². The van der Waals surface area contributed by atoms with Crippen molar-refractivity contribution in [2.24, 2.45) is 5.73 Å². The summed E-state index contributed by atoms with van der Waals surface area (Å²) >= 11 is 0. The number of piperidine rings is 1. The van der Waals surface area contributed by atoms with Gasteiger partial charge in [-0.3, -0.25) is 4.79 Å². The van der Waals surface area contributed by atoms with Crippen LogP contribution in [0.4, 0.5) is 6.01 Å². The Balaban J connectivity index is 1.94. The van der Waals surface area contributed by atoms with Crippen LogP contribution in [0, 0.1) is 0 Å². The van der Waals surface area contributed by atoms with E-state index in [2.05, 4.69) is 4.98 Å². The molecule has 1 atom stereocenters. The van der Waals surface area contributed by atoms with Crippen LogP contribution in [0.25, 0.3) is 11.1 Å². The highest BCUT2D eigenvalue weighted by molar-refractivity contribution is 5.96. The standard InChI is InChI=1S/C13H15N3O3/c14-12(18)8-3-4-11-10(6-8)15-13(19-11)16-5-1-2-9(17)7-16/h3-4,6,9,17H,1-2,5,7H2,(H2,14,18)/t9-/m0/s1. The predicted molar refractivity (Wildman–Crippen MR) is 70.0 cm³/mol. The predicted octanol–water partition coefficient (Wildman–Crippen LogP) is 0.888. The van der Waals surface area contributed by atoms with E-state index >= 15 is 0 Å². The molecule has 0 saturated carbocycles. The summed E-state index contributed by atoms with van der Waals surface area (Å²) in [6.07, 6.45) is 1.37. The van der Waals surface area contributed by atoms with Crippen molar-refractivity contribution in [3.05, 3.63) is 23.8 Å². The maximum Gasteiger partial charge on any atom is 0.298 e. The molecule has 1 aromatic heterocycles. The van der Waals surface area contributed by atoms with E-state index in [1.54, 1.807) is 18.2 Å². The average molecular weight is 261 g/mol. The van der Waals surface area contributed by atoms with E-state index in [1.165, 1.54) is 0 Å². The summed E-state index contributed by atoms with van der Waals surface area (Å²) in [7, 11) is 0. The van der Waals surface area contributed by atoms with E-state index in [0.717, 1.165) is 19.4 Å². The molecule has 0 radical (unpaired) electrons. The van der Waals surface area contributed by atoms with Crippen LogP contribution in [0.1, 0.15) is 23.2 Å². The second-order valence-electron chi connectivity index (χ2n) is 4.79. The molecule has 6 nitrogen and oxygen atoms in total. The van der Waals surface area contributed by atoms with E-state index in [1.807, 2.05) is 4.90 Å². The van der Waals surface area contributed by atoms with Gasteiger partial charge in [-0.2, -0.15) is 4.98 Å². The summed E-state index contributed by atoms with van der Waals surface area (Å²) in [5.74, 6) is -0.486. The highest BCUT2D eigenvalue weighted by Gasteiger charge is 2.22. The number of nitrogens with zero attached hydrogens (tertiary/aromatic N) is 2. The molecule has 1 aromatic carbocycles. The summed E-state index contributed by atoms with van der Waals surface area (Å²) in [5, 5.41) is 9.66. The number of carbonyl (C=O) groups is 1. The lowest BCUT2D eigenvalue weighted by atomic mass is 10.1. The minimum atomic E-state index is -0.486. The van der Waals surface area contributed by atoms with Crippen LogP contribution in [-0.4, -0.2) is 35.2 Å². The summed E-state index contributed by atoms with van der Waals surface area (Å²) in [4.78, 5) is 17.4. The zero-order valence-electron chi connectivity index (χ0n) is 10.4. The van der Waals surface area contributed by atoms with Crippen LogP contribution in [-0.2, 0) is 0 Å². The quantitative estimate of drug-likeness (QED) is 0.837. The van der Waals surface area contributed by atoms with Crippen LogP contribution < -0.4 is 10.6 Å². The summed E-state index contributed by atoms with van der Waals surface area (Å²) in [5.41, 5.74) is 6.85. The highest BCUT2D eigenvalue weighted by Crippen LogP contribution is 2.25. The number of aliphatic hydroxyl groups excluding tert-OH is 1. The van der Waals surface area contributed by atoms with Crippen molar-refractivity contribution in [3.8, 4) is 0 Å². The van der Waals surface area contributed by atoms with Gasteiger partial charge in [-0.1, -0.05) is 0 Å². The first-order valence-corrected chi connectivity index (χ1v) is 6.27. The number of oxazole rings is 1. The van der Waals surface area contributed by atoms with Crippen molar-refractivity contribution in [1.29, 1.82) is 0 Å². The average Bonchev–Trinajstić information content (AvgIpc) is 2.81. The monoisotopic (exact) mass is 261 g/mol. The molecule has 0 aliphatic carbocycles. The normalized spacial score (nSPS) is 19.8. The van der Waals surface area contributed by atoms with Gasteiger partial charge in [0.25, 0.3) is 6.01 Å². The fourth-order valence-corrected chi connectivity index (χ4v) is 2.33. The minimum absolute atomic E-state index is 0.343. The largest absolute Gasteiger partial charge is 0.423 e. The number of carbonyl (C=O) groups excluding carboxylic acids is 1. The fourth-order valence-electron chi connectivity index (χ4n) is 2.33. The highest BCUT2D eigenvalue weighted by atomic mass is 16.4. The first-order chi connectivity index (χ1) is 9.13. The number of primary amides is 1. The lowest BCUT2D eigenvalue weighted by Gasteiger charge is -2.28. The van der Waals surface area contributed by atoms with Gasteiger partial charge >= 0.3 is 0 Å². The number of anilines is 1. The second kappa shape index (κ2) is 4.55. The number of benzene rings is 1. The smallest absolute Gasteiger partial charge is 0.298 e. The third-order valence-corrected chi connectivity index (χ3v) is 3.33. The number of nitrogens with two attached hydrogens (primary N) is 1. The number of amides is 1. The first-order valence-electron chi connectivity index (χ1n) is 6.27. The molecule has 0 bridgehead atoms. The lowest BCUT2D eigenvalue weighted by Crippen LogP contribution is -2.38. The van der Waals surface area contributed by atoms with E-state index in [9.17, 15) is 9.90 Å². The second-order valence-corrected chi connectivity index (χ2v) is 4.79. The summed E-state index contributed by atoms with van der Waals surface area (Å²) in [6, 6.07) is 5.40. The Morgan fingerprint density at radius 2 is 2.37 bits per heavy atom. The zero-order valence-corrected chi connectivity index (χ0v) is 10.4. The summed E-state index contributed by atoms with van der Waals surface area (Å²) < 4.78 is 5.64. The molecule has 2 heterocycles. The van der Waals surface area contributed by atoms with Crippen LogP contribution in [0.3, 0.4) is 0 Å². The van der Waals surface area contributed by atoms with Gasteiger partial charge in [0.15, 0.2) is 5.58 Å². The van der Waals surface area contributed by atoms with Crippen molar-refractivity contribution in [1.82, 2.24) is 4.98 Å². The number of β-amino-alcohol motifs (C(OH)–C–C–N with tert-alkyl or cyclic N) is 1. The van der Waals surface area contributed by atoms with E-state index < -0.39 is 5.91 Å².